The summed E-state index contributed by atoms with van der Waals surface area (Å²) >= 11 is 0. The first-order chi connectivity index (χ1) is 19.1. The summed E-state index contributed by atoms with van der Waals surface area (Å²) in [7, 11) is -1.91. The molecule has 1 amide bonds. The van der Waals surface area contributed by atoms with Gasteiger partial charge in [0.25, 0.3) is 0 Å². The summed E-state index contributed by atoms with van der Waals surface area (Å²) in [5.41, 5.74) is 5.49. The molecule has 0 saturated carbocycles. The number of esters is 1. The topological polar surface area (TPSA) is 73.9 Å². The Hall–Kier alpha value is -3.42. The Morgan fingerprint density at radius 1 is 0.850 bits per heavy atom. The molecule has 40 heavy (non-hydrogen) atoms. The lowest BCUT2D eigenvalue weighted by Crippen LogP contribution is -2.43. The Kier molecular flexibility index (Phi) is 9.48. The number of fused-ring (bicyclic) bond motifs is 3. The van der Waals surface area contributed by atoms with Crippen LogP contribution in [0.15, 0.2) is 78.9 Å². The summed E-state index contributed by atoms with van der Waals surface area (Å²) in [4.78, 5) is 26.0. The molecule has 212 valence electrons. The maximum absolute atomic E-state index is 13.1. The summed E-state index contributed by atoms with van der Waals surface area (Å²) in [5, 5.41) is 2.87. The molecule has 0 unspecified atom stereocenters. The molecule has 0 aliphatic heterocycles. The van der Waals surface area contributed by atoms with Gasteiger partial charge in [-0.3, -0.25) is 0 Å². The first-order valence-corrected chi connectivity index (χ1v) is 16.9. The molecule has 1 N–H and O–H groups in total. The quantitative estimate of drug-likeness (QED) is 0.150. The van der Waals surface area contributed by atoms with E-state index < -0.39 is 26.4 Å². The number of carbonyl (C=O) groups excluding carboxylic acids is 2. The molecule has 4 rings (SSSR count). The molecule has 0 aromatic heterocycles. The van der Waals surface area contributed by atoms with Crippen LogP contribution in [0.5, 0.6) is 0 Å². The molecular weight excluding hydrogens is 518 g/mol. The molecule has 0 spiro atoms. The van der Waals surface area contributed by atoms with Gasteiger partial charge in [-0.2, -0.15) is 0 Å². The van der Waals surface area contributed by atoms with Gasteiger partial charge in [0.1, 0.15) is 19.3 Å². The minimum absolute atomic E-state index is 0.0559. The monoisotopic (exact) mass is 559 g/mol. The van der Waals surface area contributed by atoms with Crippen LogP contribution in [0, 0.1) is 0 Å². The second-order valence-electron chi connectivity index (χ2n) is 11.9. The molecule has 6 nitrogen and oxygen atoms in total. The van der Waals surface area contributed by atoms with E-state index in [1.54, 1.807) is 0 Å². The van der Waals surface area contributed by atoms with Crippen molar-refractivity contribution in [3.8, 4) is 11.1 Å². The van der Waals surface area contributed by atoms with Crippen molar-refractivity contribution in [3.63, 3.8) is 0 Å². The van der Waals surface area contributed by atoms with Crippen LogP contribution in [-0.4, -0.2) is 39.6 Å². The van der Waals surface area contributed by atoms with Crippen molar-refractivity contribution >= 4 is 20.4 Å². The van der Waals surface area contributed by atoms with Crippen LogP contribution in [0.25, 0.3) is 11.1 Å². The molecule has 0 fully saturated rings. The van der Waals surface area contributed by atoms with E-state index in [0.29, 0.717) is 19.4 Å². The Bertz CT molecular complexity index is 1260. The van der Waals surface area contributed by atoms with Crippen LogP contribution < -0.4 is 5.32 Å². The Labute approximate surface area is 239 Å². The largest absolute Gasteiger partial charge is 0.459 e. The fraction of sp³-hybridized carbons (Fsp3) is 0.394. The number of ether oxygens (including phenoxy) is 2. The van der Waals surface area contributed by atoms with Crippen LogP contribution in [0.4, 0.5) is 4.79 Å². The fourth-order valence-corrected chi connectivity index (χ4v) is 5.78. The number of hydrogen-bond donors (Lipinski definition) is 1. The van der Waals surface area contributed by atoms with E-state index in [2.05, 4.69) is 63.4 Å². The Morgan fingerprint density at radius 3 is 2.02 bits per heavy atom. The predicted octanol–water partition coefficient (Wildman–Crippen LogP) is 7.44. The van der Waals surface area contributed by atoms with Crippen molar-refractivity contribution in [2.75, 3.05) is 13.2 Å². The second-order valence-corrected chi connectivity index (χ2v) is 16.7. The van der Waals surface area contributed by atoms with Crippen LogP contribution in [-0.2, 0) is 25.3 Å². The number of hydrogen-bond acceptors (Lipinski definition) is 5. The Morgan fingerprint density at radius 2 is 1.43 bits per heavy atom. The number of nitrogens with one attached hydrogen (secondary N) is 1. The third-order valence-electron chi connectivity index (χ3n) is 8.05. The molecule has 7 heteroatoms. The van der Waals surface area contributed by atoms with E-state index in [4.69, 9.17) is 13.9 Å². The zero-order valence-electron chi connectivity index (χ0n) is 24.2. The van der Waals surface area contributed by atoms with Gasteiger partial charge in [-0.05, 0) is 58.8 Å². The van der Waals surface area contributed by atoms with Crippen molar-refractivity contribution in [1.29, 1.82) is 0 Å². The van der Waals surface area contributed by atoms with E-state index in [0.717, 1.165) is 27.8 Å². The van der Waals surface area contributed by atoms with E-state index in [-0.39, 0.29) is 24.2 Å². The van der Waals surface area contributed by atoms with Crippen LogP contribution in [0.3, 0.4) is 0 Å². The highest BCUT2D eigenvalue weighted by Crippen LogP contribution is 2.44. The lowest BCUT2D eigenvalue weighted by atomic mass is 9.98. The zero-order valence-corrected chi connectivity index (χ0v) is 25.2. The molecular formula is C33H41NO5Si. The van der Waals surface area contributed by atoms with Gasteiger partial charge in [0.05, 0.1) is 0 Å². The molecule has 1 aliphatic rings. The van der Waals surface area contributed by atoms with Gasteiger partial charge >= 0.3 is 12.1 Å². The van der Waals surface area contributed by atoms with Gasteiger partial charge in [0.15, 0.2) is 8.32 Å². The molecule has 3 aromatic rings. The summed E-state index contributed by atoms with van der Waals surface area (Å²) in [5.74, 6) is -0.538. The van der Waals surface area contributed by atoms with Crippen molar-refractivity contribution in [2.45, 2.75) is 70.3 Å². The van der Waals surface area contributed by atoms with Crippen molar-refractivity contribution in [1.82, 2.24) is 5.32 Å². The van der Waals surface area contributed by atoms with Gasteiger partial charge in [-0.1, -0.05) is 99.6 Å². The average molecular weight is 560 g/mol. The SMILES string of the molecule is CC(C)(C)[Si](C)(C)OCCC[C@H](NC(=O)OCC1c2ccccc2-c2ccccc21)C(=O)OCc1ccccc1. The number of rotatable bonds is 11. The number of benzene rings is 3. The minimum Gasteiger partial charge on any atom is -0.459 e. The number of amides is 1. The predicted molar refractivity (Wildman–Crippen MR) is 161 cm³/mol. The van der Waals surface area contributed by atoms with E-state index in [1.807, 2.05) is 54.6 Å². The molecule has 0 heterocycles. The zero-order chi connectivity index (χ0) is 28.8. The highest BCUT2D eigenvalue weighted by molar-refractivity contribution is 6.74. The maximum atomic E-state index is 13.1. The highest BCUT2D eigenvalue weighted by Gasteiger charge is 2.37. The van der Waals surface area contributed by atoms with Gasteiger partial charge in [0.2, 0.25) is 0 Å². The number of carbonyl (C=O) groups is 2. The smallest absolute Gasteiger partial charge is 0.407 e. The van der Waals surface area contributed by atoms with E-state index in [9.17, 15) is 9.59 Å². The van der Waals surface area contributed by atoms with Crippen LogP contribution in [0.2, 0.25) is 18.1 Å². The van der Waals surface area contributed by atoms with Gasteiger partial charge in [-0.15, -0.1) is 0 Å². The highest BCUT2D eigenvalue weighted by atomic mass is 28.4. The van der Waals surface area contributed by atoms with Gasteiger partial charge < -0.3 is 19.2 Å². The minimum atomic E-state index is -1.91. The third-order valence-corrected chi connectivity index (χ3v) is 12.6. The molecule has 0 saturated heterocycles. The molecule has 1 aliphatic carbocycles. The lowest BCUT2D eigenvalue weighted by molar-refractivity contribution is -0.147. The lowest BCUT2D eigenvalue weighted by Gasteiger charge is -2.36. The van der Waals surface area contributed by atoms with Crippen LogP contribution in [0.1, 0.15) is 56.2 Å². The van der Waals surface area contributed by atoms with Gasteiger partial charge in [0, 0.05) is 12.5 Å². The fourth-order valence-electron chi connectivity index (χ4n) is 4.69. The van der Waals surface area contributed by atoms with Crippen molar-refractivity contribution in [3.05, 3.63) is 95.6 Å². The van der Waals surface area contributed by atoms with Crippen LogP contribution >= 0.6 is 0 Å². The normalized spacial score (nSPS) is 13.7. The summed E-state index contributed by atoms with van der Waals surface area (Å²) in [6.45, 7) is 11.8. The van der Waals surface area contributed by atoms with Crippen molar-refractivity contribution < 1.29 is 23.5 Å². The summed E-state index contributed by atoms with van der Waals surface area (Å²) < 4.78 is 17.6. The Balaban J connectivity index is 1.37. The second kappa shape index (κ2) is 12.8. The number of alkyl carbamates (subject to hydrolysis) is 1. The third kappa shape index (κ3) is 7.20. The molecule has 0 bridgehead atoms. The standard InChI is InChI=1S/C33H41NO5Si/c1-33(2,3)40(4,5)39-21-13-20-30(31(35)37-22-24-14-7-6-8-15-24)34-32(36)38-23-29-27-18-11-9-16-25(27)26-17-10-12-19-28(26)29/h6-12,14-19,29-30H,13,20-23H2,1-5H3,(H,34,36)/t30-/m0/s1. The van der Waals surface area contributed by atoms with Gasteiger partial charge in [-0.25, -0.2) is 9.59 Å². The van der Waals surface area contributed by atoms with E-state index in [1.165, 1.54) is 0 Å². The average Bonchev–Trinajstić information content (AvgIpc) is 3.25. The first-order valence-electron chi connectivity index (χ1n) is 14.0. The first kappa shape index (κ1) is 29.6. The van der Waals surface area contributed by atoms with E-state index >= 15 is 0 Å². The summed E-state index contributed by atoms with van der Waals surface area (Å²) in [6.07, 6.45) is 0.377. The molecule has 0 radical (unpaired) electrons. The molecule has 3 aromatic carbocycles. The maximum Gasteiger partial charge on any atom is 0.407 e. The summed E-state index contributed by atoms with van der Waals surface area (Å²) in [6, 6.07) is 25.1. The molecule has 1 atom stereocenters. The van der Waals surface area contributed by atoms with Crippen molar-refractivity contribution in [2.24, 2.45) is 0 Å².